The topological polar surface area (TPSA) is 80.9 Å². The van der Waals surface area contributed by atoms with E-state index >= 15 is 0 Å². The molecule has 0 saturated carbocycles. The number of pyridine rings is 1. The van der Waals surface area contributed by atoms with Crippen LogP contribution in [0.15, 0.2) is 54.7 Å². The van der Waals surface area contributed by atoms with Gasteiger partial charge < -0.3 is 5.32 Å². The van der Waals surface area contributed by atoms with E-state index in [-0.39, 0.29) is 6.04 Å². The molecule has 5 aromatic rings. The smallest absolute Gasteiger partial charge is 0.178 e. The highest BCUT2D eigenvalue weighted by Crippen LogP contribution is 2.26. The summed E-state index contributed by atoms with van der Waals surface area (Å²) in [7, 11) is 0. The Labute approximate surface area is 171 Å². The Balaban J connectivity index is 1.63. The predicted octanol–water partition coefficient (Wildman–Crippen LogP) is 3.80. The molecule has 0 aliphatic rings. The van der Waals surface area contributed by atoms with Gasteiger partial charge in [0, 0.05) is 11.6 Å². The van der Waals surface area contributed by atoms with Gasteiger partial charge in [0.15, 0.2) is 11.5 Å². The van der Waals surface area contributed by atoms with E-state index in [4.69, 9.17) is 5.10 Å². The normalized spacial score (nSPS) is 12.6. The van der Waals surface area contributed by atoms with Gasteiger partial charge in [-0.1, -0.05) is 19.1 Å². The number of nitrogens with one attached hydrogen (secondary N) is 1. The zero-order valence-electron chi connectivity index (χ0n) is 16.1. The summed E-state index contributed by atoms with van der Waals surface area (Å²) in [5.41, 5.74) is 4.64. The highest BCUT2D eigenvalue weighted by Gasteiger charge is 2.21. The fourth-order valence-electron chi connectivity index (χ4n) is 3.44. The van der Waals surface area contributed by atoms with Crippen LogP contribution in [0.3, 0.4) is 0 Å². The van der Waals surface area contributed by atoms with Gasteiger partial charge in [-0.3, -0.25) is 4.98 Å². The zero-order valence-corrected chi connectivity index (χ0v) is 16.9. The Kier molecular flexibility index (Phi) is 4.49. The van der Waals surface area contributed by atoms with E-state index < -0.39 is 0 Å². The number of aromatic nitrogens is 6. The second-order valence-corrected chi connectivity index (χ2v) is 7.63. The molecule has 1 aromatic carbocycles. The van der Waals surface area contributed by atoms with E-state index in [1.807, 2.05) is 48.0 Å². The van der Waals surface area contributed by atoms with Crippen molar-refractivity contribution < 1.29 is 0 Å². The van der Waals surface area contributed by atoms with Gasteiger partial charge in [0.2, 0.25) is 0 Å². The van der Waals surface area contributed by atoms with Crippen LogP contribution in [0.4, 0.5) is 0 Å². The summed E-state index contributed by atoms with van der Waals surface area (Å²) in [5.74, 6) is 0.758. The maximum absolute atomic E-state index is 4.82. The van der Waals surface area contributed by atoms with Crippen LogP contribution in [0.5, 0.6) is 0 Å². The van der Waals surface area contributed by atoms with Crippen LogP contribution in [-0.2, 0) is 0 Å². The van der Waals surface area contributed by atoms with E-state index in [2.05, 4.69) is 50.0 Å². The molecule has 1 atom stereocenters. The van der Waals surface area contributed by atoms with Crippen LogP contribution >= 0.6 is 11.5 Å². The van der Waals surface area contributed by atoms with Gasteiger partial charge in [-0.2, -0.15) is 14.0 Å². The molecule has 144 valence electrons. The third kappa shape index (κ3) is 3.26. The lowest BCUT2D eigenvalue weighted by Crippen LogP contribution is -2.24. The van der Waals surface area contributed by atoms with Crippen LogP contribution in [-0.4, -0.2) is 35.7 Å². The van der Waals surface area contributed by atoms with Gasteiger partial charge in [0.25, 0.3) is 0 Å². The van der Waals surface area contributed by atoms with Gasteiger partial charge >= 0.3 is 0 Å². The average Bonchev–Trinajstić information content (AvgIpc) is 3.37. The van der Waals surface area contributed by atoms with E-state index in [0.717, 1.165) is 50.7 Å². The lowest BCUT2D eigenvalue weighted by atomic mass is 10.0. The molecule has 4 aromatic heterocycles. The zero-order chi connectivity index (χ0) is 19.8. The van der Waals surface area contributed by atoms with Gasteiger partial charge in [-0.25, -0.2) is 0 Å². The first-order chi connectivity index (χ1) is 14.2. The van der Waals surface area contributed by atoms with Crippen molar-refractivity contribution in [3.05, 3.63) is 71.8 Å². The van der Waals surface area contributed by atoms with Gasteiger partial charge in [0.05, 0.1) is 22.1 Å². The van der Waals surface area contributed by atoms with Gasteiger partial charge in [-0.05, 0) is 67.0 Å². The van der Waals surface area contributed by atoms with E-state index in [1.165, 1.54) is 11.5 Å². The van der Waals surface area contributed by atoms with Crippen molar-refractivity contribution >= 4 is 28.1 Å². The Morgan fingerprint density at radius 2 is 2.03 bits per heavy atom. The molecule has 0 bridgehead atoms. The standard InChI is InChI=1S/C21H19N7S/c1-3-22-20(15-6-7-16-14(12-15)5-4-10-23-16)21-25-24-19-9-8-17(26-28(19)21)18-11-13(2)27-29-18/h4-12,20,22H,3H2,1-2H3. The SMILES string of the molecule is CCNC(c1ccc2ncccc2c1)c1nnc2ccc(-c3cc(C)ns3)nn12. The number of benzene rings is 1. The van der Waals surface area contributed by atoms with Crippen LogP contribution in [0, 0.1) is 6.92 Å². The van der Waals surface area contributed by atoms with E-state index in [9.17, 15) is 0 Å². The van der Waals surface area contributed by atoms with Crippen molar-refractivity contribution in [1.82, 2.24) is 34.5 Å². The minimum absolute atomic E-state index is 0.134. The van der Waals surface area contributed by atoms with Crippen LogP contribution in [0.25, 0.3) is 27.1 Å². The van der Waals surface area contributed by atoms with Crippen molar-refractivity contribution in [1.29, 1.82) is 0 Å². The summed E-state index contributed by atoms with van der Waals surface area (Å²) >= 11 is 1.45. The third-order valence-corrected chi connectivity index (χ3v) is 5.70. The Morgan fingerprint density at radius 3 is 2.86 bits per heavy atom. The number of nitrogens with zero attached hydrogens (tertiary/aromatic N) is 6. The molecule has 1 N–H and O–H groups in total. The first-order valence-corrected chi connectivity index (χ1v) is 10.2. The van der Waals surface area contributed by atoms with Crippen molar-refractivity contribution in [2.75, 3.05) is 6.54 Å². The minimum Gasteiger partial charge on any atom is -0.304 e. The van der Waals surface area contributed by atoms with Gasteiger partial charge in [-0.15, -0.1) is 10.2 Å². The maximum atomic E-state index is 4.82. The molecule has 1 unspecified atom stereocenters. The molecular formula is C21H19N7S. The number of fused-ring (bicyclic) bond motifs is 2. The summed E-state index contributed by atoms with van der Waals surface area (Å²) in [6.45, 7) is 4.86. The average molecular weight is 401 g/mol. The lowest BCUT2D eigenvalue weighted by molar-refractivity contribution is 0.582. The molecule has 0 radical (unpaired) electrons. The molecule has 0 aliphatic carbocycles. The summed E-state index contributed by atoms with van der Waals surface area (Å²) in [6.07, 6.45) is 1.81. The minimum atomic E-state index is -0.134. The predicted molar refractivity (Wildman–Crippen MR) is 114 cm³/mol. The van der Waals surface area contributed by atoms with Crippen LogP contribution < -0.4 is 5.32 Å². The Morgan fingerprint density at radius 1 is 1.10 bits per heavy atom. The first-order valence-electron chi connectivity index (χ1n) is 9.47. The van der Waals surface area contributed by atoms with Gasteiger partial charge in [0.1, 0.15) is 5.69 Å². The van der Waals surface area contributed by atoms with E-state index in [0.29, 0.717) is 0 Å². The number of aryl methyl sites for hydroxylation is 1. The Bertz CT molecular complexity index is 1310. The maximum Gasteiger partial charge on any atom is 0.178 e. The summed E-state index contributed by atoms with van der Waals surface area (Å²) < 4.78 is 6.19. The monoisotopic (exact) mass is 401 g/mol. The molecule has 0 fully saturated rings. The molecule has 4 heterocycles. The fraction of sp³-hybridized carbons (Fsp3) is 0.190. The van der Waals surface area contributed by atoms with Crippen molar-refractivity contribution in [2.24, 2.45) is 0 Å². The van der Waals surface area contributed by atoms with E-state index in [1.54, 1.807) is 0 Å². The summed E-state index contributed by atoms with van der Waals surface area (Å²) in [4.78, 5) is 5.45. The Hall–Kier alpha value is -3.23. The molecule has 0 spiro atoms. The quantitative estimate of drug-likeness (QED) is 0.482. The van der Waals surface area contributed by atoms with Crippen LogP contribution in [0.2, 0.25) is 0 Å². The largest absolute Gasteiger partial charge is 0.304 e. The molecular weight excluding hydrogens is 382 g/mol. The number of hydrogen-bond donors (Lipinski definition) is 1. The third-order valence-electron chi connectivity index (χ3n) is 4.79. The fourth-order valence-corrected chi connectivity index (χ4v) is 4.16. The summed E-state index contributed by atoms with van der Waals surface area (Å²) in [6, 6.07) is 16.1. The molecule has 8 heteroatoms. The summed E-state index contributed by atoms with van der Waals surface area (Å²) in [5, 5.41) is 18.2. The number of rotatable bonds is 5. The van der Waals surface area contributed by atoms with Crippen molar-refractivity contribution in [3.8, 4) is 10.6 Å². The molecule has 29 heavy (non-hydrogen) atoms. The molecule has 0 saturated heterocycles. The van der Waals surface area contributed by atoms with Crippen molar-refractivity contribution in [2.45, 2.75) is 19.9 Å². The second kappa shape index (κ2) is 7.31. The lowest BCUT2D eigenvalue weighted by Gasteiger charge is -2.17. The second-order valence-electron chi connectivity index (χ2n) is 6.83. The number of hydrogen-bond acceptors (Lipinski definition) is 7. The molecule has 0 amide bonds. The highest BCUT2D eigenvalue weighted by atomic mass is 32.1. The molecule has 5 rings (SSSR count). The first kappa shape index (κ1) is 17.8. The van der Waals surface area contributed by atoms with Crippen molar-refractivity contribution in [3.63, 3.8) is 0 Å². The highest BCUT2D eigenvalue weighted by molar-refractivity contribution is 7.09. The molecule has 0 aliphatic heterocycles. The van der Waals surface area contributed by atoms with Crippen LogP contribution in [0.1, 0.15) is 30.0 Å². The molecule has 7 nitrogen and oxygen atoms in total.